The number of halogens is 5. The van der Waals surface area contributed by atoms with E-state index in [0.717, 1.165) is 6.07 Å². The highest BCUT2D eigenvalue weighted by Crippen LogP contribution is 2.49. The molecule has 7 heteroatoms. The second kappa shape index (κ2) is 4.77. The minimum atomic E-state index is -4.48. The third-order valence-corrected chi connectivity index (χ3v) is 3.54. The number of methoxy groups -OCH3 is 1. The maximum atomic E-state index is 12.6. The molecule has 0 fully saturated rings. The topological polar surface area (TPSA) is 9.23 Å². The number of benzene rings is 1. The van der Waals surface area contributed by atoms with Crippen molar-refractivity contribution in [3.8, 4) is 5.75 Å². The molecule has 0 aliphatic heterocycles. The molecule has 1 nitrogen and oxygen atoms in total. The molecule has 0 saturated carbocycles. The first-order valence-corrected chi connectivity index (χ1v) is 6.88. The van der Waals surface area contributed by atoms with Gasteiger partial charge in [0, 0.05) is 5.30 Å². The molecule has 0 atom stereocenters. The summed E-state index contributed by atoms with van der Waals surface area (Å²) < 4.78 is 42.4. The fraction of sp³-hybridized carbons (Fsp3) is 0.250. The van der Waals surface area contributed by atoms with Gasteiger partial charge in [-0.1, -0.05) is 22.5 Å². The van der Waals surface area contributed by atoms with Crippen molar-refractivity contribution in [3.63, 3.8) is 0 Å². The molecular weight excluding hydrogens is 271 g/mol. The van der Waals surface area contributed by atoms with E-state index in [1.807, 2.05) is 0 Å². The maximum Gasteiger partial charge on any atom is 0.417 e. The van der Waals surface area contributed by atoms with Crippen LogP contribution in [0.3, 0.4) is 0 Å². The SMILES string of the molecule is COc1ccc(P(Cl)Cl)c(C(F)(F)F)c1. The van der Waals surface area contributed by atoms with E-state index in [0.29, 0.717) is 0 Å². The van der Waals surface area contributed by atoms with E-state index < -0.39 is 18.4 Å². The van der Waals surface area contributed by atoms with Gasteiger partial charge in [-0.3, -0.25) is 0 Å². The summed E-state index contributed by atoms with van der Waals surface area (Å²) in [6.07, 6.45) is -4.48. The molecule has 0 aliphatic carbocycles. The van der Waals surface area contributed by atoms with Crippen molar-refractivity contribution in [2.45, 2.75) is 6.18 Å². The van der Waals surface area contributed by atoms with Gasteiger partial charge >= 0.3 is 6.18 Å². The Morgan fingerprint density at radius 2 is 1.87 bits per heavy atom. The Morgan fingerprint density at radius 3 is 2.27 bits per heavy atom. The van der Waals surface area contributed by atoms with E-state index >= 15 is 0 Å². The van der Waals surface area contributed by atoms with Crippen LogP contribution in [0.25, 0.3) is 0 Å². The first-order valence-electron chi connectivity index (χ1n) is 3.73. The van der Waals surface area contributed by atoms with Crippen LogP contribution in [0.1, 0.15) is 5.56 Å². The lowest BCUT2D eigenvalue weighted by atomic mass is 10.2. The molecule has 0 spiro atoms. The van der Waals surface area contributed by atoms with Crippen LogP contribution in [-0.2, 0) is 6.18 Å². The number of ether oxygens (including phenoxy) is 1. The lowest BCUT2D eigenvalue weighted by Gasteiger charge is -2.14. The first-order chi connectivity index (χ1) is 6.86. The van der Waals surface area contributed by atoms with Crippen molar-refractivity contribution < 1.29 is 17.9 Å². The molecule has 0 radical (unpaired) electrons. The molecule has 84 valence electrons. The van der Waals surface area contributed by atoms with Crippen molar-refractivity contribution in [1.82, 2.24) is 0 Å². The van der Waals surface area contributed by atoms with Gasteiger partial charge in [-0.05, 0) is 18.2 Å². The van der Waals surface area contributed by atoms with Crippen molar-refractivity contribution in [1.29, 1.82) is 0 Å². The quantitative estimate of drug-likeness (QED) is 0.738. The second-order valence-corrected chi connectivity index (χ2v) is 6.11. The van der Waals surface area contributed by atoms with Crippen molar-refractivity contribution in [2.24, 2.45) is 0 Å². The molecule has 1 rings (SSSR count). The van der Waals surface area contributed by atoms with Crippen molar-refractivity contribution in [3.05, 3.63) is 23.8 Å². The molecular formula is C8H6Cl2F3OP. The number of alkyl halides is 3. The van der Waals surface area contributed by atoms with E-state index in [4.69, 9.17) is 27.2 Å². The van der Waals surface area contributed by atoms with Gasteiger partial charge in [0.05, 0.1) is 12.7 Å². The average molecular weight is 277 g/mol. The highest BCUT2D eigenvalue weighted by molar-refractivity contribution is 8.08. The zero-order chi connectivity index (χ0) is 11.6. The molecule has 0 heterocycles. The minimum absolute atomic E-state index is 0.110. The Kier molecular flexibility index (Phi) is 4.10. The standard InChI is InChI=1S/C8H6Cl2F3OP/c1-14-5-2-3-7(15(9)10)6(4-5)8(11,12)13/h2-4H,1H3. The average Bonchev–Trinajstić information content (AvgIpc) is 2.15. The predicted molar refractivity (Wildman–Crippen MR) is 56.3 cm³/mol. The highest BCUT2D eigenvalue weighted by Gasteiger charge is 2.35. The lowest BCUT2D eigenvalue weighted by Crippen LogP contribution is -2.16. The van der Waals surface area contributed by atoms with E-state index in [1.54, 1.807) is 0 Å². The number of hydrogen-bond donors (Lipinski definition) is 0. The van der Waals surface area contributed by atoms with E-state index in [1.165, 1.54) is 19.2 Å². The van der Waals surface area contributed by atoms with E-state index in [9.17, 15) is 13.2 Å². The smallest absolute Gasteiger partial charge is 0.417 e. The van der Waals surface area contributed by atoms with Gasteiger partial charge in [0.1, 0.15) is 12.4 Å². The van der Waals surface area contributed by atoms with Gasteiger partial charge in [-0.25, -0.2) is 0 Å². The maximum absolute atomic E-state index is 12.6. The molecule has 0 bridgehead atoms. The number of rotatable bonds is 2. The zero-order valence-corrected chi connectivity index (χ0v) is 9.88. The van der Waals surface area contributed by atoms with E-state index in [-0.39, 0.29) is 11.1 Å². The van der Waals surface area contributed by atoms with Crippen LogP contribution in [0.15, 0.2) is 18.2 Å². The Bertz CT molecular complexity index is 354. The summed E-state index contributed by atoms with van der Waals surface area (Å²) in [4.78, 5) is 0. The summed E-state index contributed by atoms with van der Waals surface area (Å²) in [5.41, 5.74) is -0.849. The van der Waals surface area contributed by atoms with Crippen LogP contribution in [0.4, 0.5) is 13.2 Å². The summed E-state index contributed by atoms with van der Waals surface area (Å²) in [6, 6.07) is 3.51. The summed E-state index contributed by atoms with van der Waals surface area (Å²) in [5, 5.41) is -0.110. The summed E-state index contributed by atoms with van der Waals surface area (Å²) in [6.45, 7) is -1.83. The van der Waals surface area contributed by atoms with Gasteiger partial charge in [0.25, 0.3) is 0 Å². The predicted octanol–water partition coefficient (Wildman–Crippen LogP) is 4.13. The van der Waals surface area contributed by atoms with Gasteiger partial charge in [0.2, 0.25) is 0 Å². The normalized spacial score (nSPS) is 11.9. The molecule has 0 saturated heterocycles. The van der Waals surface area contributed by atoms with Crippen LogP contribution in [0.5, 0.6) is 5.75 Å². The first kappa shape index (κ1) is 12.9. The Balaban J connectivity index is 3.29. The Morgan fingerprint density at radius 1 is 1.27 bits per heavy atom. The van der Waals surface area contributed by atoms with Crippen LogP contribution < -0.4 is 10.0 Å². The Labute approximate surface area is 95.5 Å². The monoisotopic (exact) mass is 276 g/mol. The highest BCUT2D eigenvalue weighted by atomic mass is 35.9. The molecule has 0 N–H and O–H groups in total. The summed E-state index contributed by atoms with van der Waals surface area (Å²) in [5.74, 6) is 0.122. The van der Waals surface area contributed by atoms with Gasteiger partial charge in [-0.15, -0.1) is 0 Å². The van der Waals surface area contributed by atoms with Gasteiger partial charge < -0.3 is 4.74 Å². The molecule has 0 amide bonds. The molecule has 0 aromatic heterocycles. The summed E-state index contributed by atoms with van der Waals surface area (Å²) in [7, 11) is 1.29. The zero-order valence-electron chi connectivity index (χ0n) is 7.48. The van der Waals surface area contributed by atoms with Crippen LogP contribution in [0.2, 0.25) is 0 Å². The van der Waals surface area contributed by atoms with Crippen molar-refractivity contribution in [2.75, 3.05) is 7.11 Å². The minimum Gasteiger partial charge on any atom is -0.497 e. The number of hydrogen-bond acceptors (Lipinski definition) is 1. The van der Waals surface area contributed by atoms with Gasteiger partial charge in [0.15, 0.2) is 0 Å². The molecule has 15 heavy (non-hydrogen) atoms. The van der Waals surface area contributed by atoms with E-state index in [2.05, 4.69) is 0 Å². The third kappa shape index (κ3) is 3.13. The summed E-state index contributed by atoms with van der Waals surface area (Å²) >= 11 is 11.0. The fourth-order valence-corrected chi connectivity index (χ4v) is 2.46. The van der Waals surface area contributed by atoms with Crippen LogP contribution >= 0.6 is 29.1 Å². The largest absolute Gasteiger partial charge is 0.497 e. The molecule has 1 aromatic carbocycles. The van der Waals surface area contributed by atoms with Crippen molar-refractivity contribution >= 4 is 34.4 Å². The molecule has 1 aromatic rings. The van der Waals surface area contributed by atoms with Gasteiger partial charge in [-0.2, -0.15) is 13.2 Å². The lowest BCUT2D eigenvalue weighted by molar-refractivity contribution is -0.136. The Hall–Kier alpha value is -0.180. The van der Waals surface area contributed by atoms with Crippen LogP contribution in [0, 0.1) is 0 Å². The molecule has 0 unspecified atom stereocenters. The third-order valence-electron chi connectivity index (χ3n) is 1.69. The fourth-order valence-electron chi connectivity index (χ4n) is 1.02. The second-order valence-electron chi connectivity index (χ2n) is 2.61. The molecule has 0 aliphatic rings. The van der Waals surface area contributed by atoms with Crippen LogP contribution in [-0.4, -0.2) is 7.11 Å².